The number of amides is 2. The first-order valence-electron chi connectivity index (χ1n) is 10.7. The molecule has 3 N–H and O–H groups in total. The molecule has 0 aliphatic heterocycles. The zero-order valence-corrected chi connectivity index (χ0v) is 18.7. The molecule has 0 heterocycles. The van der Waals surface area contributed by atoms with Gasteiger partial charge in [-0.3, -0.25) is 9.59 Å². The van der Waals surface area contributed by atoms with Crippen LogP contribution in [0.3, 0.4) is 0 Å². The predicted molar refractivity (Wildman–Crippen MR) is 121 cm³/mol. The molecule has 1 unspecified atom stereocenters. The Hall–Kier alpha value is -2.78. The lowest BCUT2D eigenvalue weighted by Crippen LogP contribution is -2.53. The van der Waals surface area contributed by atoms with Gasteiger partial charge in [0.05, 0.1) is 26.3 Å². The zero-order valence-electron chi connectivity index (χ0n) is 18.7. The molecule has 2 rings (SSSR count). The van der Waals surface area contributed by atoms with E-state index in [0.29, 0.717) is 19.8 Å². The molecule has 0 aliphatic carbocycles. The van der Waals surface area contributed by atoms with Gasteiger partial charge in [-0.25, -0.2) is 0 Å². The highest BCUT2D eigenvalue weighted by Crippen LogP contribution is 2.10. The number of nitrogens with one attached hydrogen (secondary N) is 1. The Morgan fingerprint density at radius 2 is 1.66 bits per heavy atom. The average Bonchev–Trinajstić information content (AvgIpc) is 2.83. The van der Waals surface area contributed by atoms with Crippen LogP contribution in [-0.2, 0) is 37.0 Å². The highest BCUT2D eigenvalue weighted by Gasteiger charge is 2.28. The van der Waals surface area contributed by atoms with Crippen LogP contribution in [0.1, 0.15) is 18.1 Å². The van der Waals surface area contributed by atoms with Gasteiger partial charge in [0.25, 0.3) is 0 Å². The van der Waals surface area contributed by atoms with Gasteiger partial charge in [-0.2, -0.15) is 0 Å². The van der Waals surface area contributed by atoms with E-state index in [1.807, 2.05) is 67.6 Å². The molecule has 2 aromatic carbocycles. The standard InChI is InChI=1S/C24H33N3O5/c1-3-32-23(30-2)16-27(15-19-10-6-4-7-11-19)24(29)21(26-22(28)14-25)18-31-17-20-12-8-5-9-13-20/h4-13,21,23H,3,14-18,25H2,1-2H3,(H,26,28)/t21-,23?/m0/s1. The summed E-state index contributed by atoms with van der Waals surface area (Å²) in [7, 11) is 1.53. The van der Waals surface area contributed by atoms with Crippen molar-refractivity contribution in [2.24, 2.45) is 5.73 Å². The average molecular weight is 444 g/mol. The lowest BCUT2D eigenvalue weighted by atomic mass is 10.1. The van der Waals surface area contributed by atoms with Crippen molar-refractivity contribution < 1.29 is 23.8 Å². The minimum absolute atomic E-state index is 0.0110. The SMILES string of the molecule is CCOC(CN(Cc1ccccc1)C(=O)[C@H](COCc1ccccc1)NC(=O)CN)OC. The van der Waals surface area contributed by atoms with Crippen LogP contribution in [-0.4, -0.2) is 62.5 Å². The van der Waals surface area contributed by atoms with Crippen LogP contribution in [0.15, 0.2) is 60.7 Å². The number of nitrogens with two attached hydrogens (primary N) is 1. The van der Waals surface area contributed by atoms with Crippen molar-refractivity contribution in [3.05, 3.63) is 71.8 Å². The molecule has 2 amide bonds. The molecule has 8 heteroatoms. The van der Waals surface area contributed by atoms with Crippen LogP contribution in [0, 0.1) is 0 Å². The third kappa shape index (κ3) is 8.76. The van der Waals surface area contributed by atoms with Crippen LogP contribution in [0.4, 0.5) is 0 Å². The summed E-state index contributed by atoms with van der Waals surface area (Å²) in [5.74, 6) is -0.732. The summed E-state index contributed by atoms with van der Waals surface area (Å²) in [4.78, 5) is 27.1. The van der Waals surface area contributed by atoms with Gasteiger partial charge in [-0.05, 0) is 18.1 Å². The molecule has 0 bridgehead atoms. The van der Waals surface area contributed by atoms with Gasteiger partial charge in [0.15, 0.2) is 6.29 Å². The topological polar surface area (TPSA) is 103 Å². The summed E-state index contributed by atoms with van der Waals surface area (Å²) in [5, 5.41) is 2.68. The van der Waals surface area contributed by atoms with Crippen LogP contribution in [0.25, 0.3) is 0 Å². The van der Waals surface area contributed by atoms with E-state index in [4.69, 9.17) is 19.9 Å². The number of ether oxygens (including phenoxy) is 3. The highest BCUT2D eigenvalue weighted by atomic mass is 16.7. The van der Waals surface area contributed by atoms with E-state index < -0.39 is 18.2 Å². The Kier molecular flexibility index (Phi) is 11.4. The molecular weight excluding hydrogens is 410 g/mol. The van der Waals surface area contributed by atoms with Crippen LogP contribution >= 0.6 is 0 Å². The van der Waals surface area contributed by atoms with Crippen molar-refractivity contribution in [1.29, 1.82) is 0 Å². The third-order valence-electron chi connectivity index (χ3n) is 4.73. The molecule has 0 spiro atoms. The molecule has 0 saturated heterocycles. The maximum Gasteiger partial charge on any atom is 0.248 e. The van der Waals surface area contributed by atoms with E-state index >= 15 is 0 Å². The number of nitrogens with zero attached hydrogens (tertiary/aromatic N) is 1. The third-order valence-corrected chi connectivity index (χ3v) is 4.73. The molecule has 0 aromatic heterocycles. The molecular formula is C24H33N3O5. The molecule has 0 radical (unpaired) electrons. The van der Waals surface area contributed by atoms with Crippen LogP contribution < -0.4 is 11.1 Å². The lowest BCUT2D eigenvalue weighted by molar-refractivity contribution is -0.155. The zero-order chi connectivity index (χ0) is 23.2. The molecule has 2 aromatic rings. The highest BCUT2D eigenvalue weighted by molar-refractivity contribution is 5.88. The van der Waals surface area contributed by atoms with E-state index in [2.05, 4.69) is 5.32 Å². The molecule has 2 atom stereocenters. The second-order valence-corrected chi connectivity index (χ2v) is 7.15. The predicted octanol–water partition coefficient (Wildman–Crippen LogP) is 1.68. The maximum absolute atomic E-state index is 13.5. The Bertz CT molecular complexity index is 804. The lowest BCUT2D eigenvalue weighted by Gasteiger charge is -2.30. The van der Waals surface area contributed by atoms with E-state index in [-0.39, 0.29) is 25.6 Å². The van der Waals surface area contributed by atoms with Crippen LogP contribution in [0.5, 0.6) is 0 Å². The summed E-state index contributed by atoms with van der Waals surface area (Å²) < 4.78 is 16.7. The quantitative estimate of drug-likeness (QED) is 0.431. The largest absolute Gasteiger partial charge is 0.374 e. The molecule has 0 aliphatic rings. The molecule has 174 valence electrons. The Morgan fingerprint density at radius 1 is 1.03 bits per heavy atom. The van der Waals surface area contributed by atoms with Gasteiger partial charge in [-0.1, -0.05) is 60.7 Å². The molecule has 8 nitrogen and oxygen atoms in total. The number of carbonyl (C=O) groups excluding carboxylic acids is 2. The molecule has 0 fully saturated rings. The number of methoxy groups -OCH3 is 1. The minimum Gasteiger partial charge on any atom is -0.374 e. The first kappa shape index (κ1) is 25.5. The van der Waals surface area contributed by atoms with E-state index in [1.54, 1.807) is 4.90 Å². The second-order valence-electron chi connectivity index (χ2n) is 7.15. The number of hydrogen-bond donors (Lipinski definition) is 2. The first-order valence-corrected chi connectivity index (χ1v) is 10.7. The summed E-state index contributed by atoms with van der Waals surface area (Å²) in [6.45, 7) is 2.95. The summed E-state index contributed by atoms with van der Waals surface area (Å²) in [5.41, 5.74) is 7.38. The maximum atomic E-state index is 13.5. The fraction of sp³-hybridized carbons (Fsp3) is 0.417. The van der Waals surface area contributed by atoms with Crippen molar-refractivity contribution in [3.8, 4) is 0 Å². The van der Waals surface area contributed by atoms with E-state index in [9.17, 15) is 9.59 Å². The first-order chi connectivity index (χ1) is 15.6. The number of carbonyl (C=O) groups is 2. The molecule has 0 saturated carbocycles. The van der Waals surface area contributed by atoms with Crippen molar-refractivity contribution in [3.63, 3.8) is 0 Å². The van der Waals surface area contributed by atoms with Gasteiger partial charge in [0.1, 0.15) is 6.04 Å². The van der Waals surface area contributed by atoms with E-state index in [1.165, 1.54) is 7.11 Å². The van der Waals surface area contributed by atoms with E-state index in [0.717, 1.165) is 11.1 Å². The fourth-order valence-electron chi connectivity index (χ4n) is 3.11. The summed E-state index contributed by atoms with van der Waals surface area (Å²) >= 11 is 0. The normalized spacial score (nSPS) is 12.7. The van der Waals surface area contributed by atoms with Gasteiger partial charge in [0, 0.05) is 20.3 Å². The number of hydrogen-bond acceptors (Lipinski definition) is 6. The minimum atomic E-state index is -0.891. The number of rotatable bonds is 14. The van der Waals surface area contributed by atoms with Gasteiger partial charge >= 0.3 is 0 Å². The van der Waals surface area contributed by atoms with Gasteiger partial charge < -0.3 is 30.2 Å². The monoisotopic (exact) mass is 443 g/mol. The summed E-state index contributed by atoms with van der Waals surface area (Å²) in [6.07, 6.45) is -0.594. The Balaban J connectivity index is 2.15. The molecule has 32 heavy (non-hydrogen) atoms. The van der Waals surface area contributed by atoms with Crippen molar-refractivity contribution >= 4 is 11.8 Å². The van der Waals surface area contributed by atoms with Crippen molar-refractivity contribution in [1.82, 2.24) is 10.2 Å². The Labute approximate surface area is 189 Å². The van der Waals surface area contributed by atoms with Crippen LogP contribution in [0.2, 0.25) is 0 Å². The van der Waals surface area contributed by atoms with Crippen molar-refractivity contribution in [2.75, 3.05) is 33.4 Å². The van der Waals surface area contributed by atoms with Gasteiger partial charge in [0.2, 0.25) is 11.8 Å². The fourth-order valence-corrected chi connectivity index (χ4v) is 3.11. The number of benzene rings is 2. The van der Waals surface area contributed by atoms with Gasteiger partial charge in [-0.15, -0.1) is 0 Å². The second kappa shape index (κ2) is 14.3. The Morgan fingerprint density at radius 3 is 2.22 bits per heavy atom. The smallest absolute Gasteiger partial charge is 0.248 e. The summed E-state index contributed by atoms with van der Waals surface area (Å²) in [6, 6.07) is 18.3. The van der Waals surface area contributed by atoms with Crippen molar-refractivity contribution in [2.45, 2.75) is 32.4 Å².